The molecular weight excluding hydrogens is 2150 g/mol. The summed E-state index contributed by atoms with van der Waals surface area (Å²) in [5, 5.41) is 19.7. The van der Waals surface area contributed by atoms with E-state index < -0.39 is 51.3 Å². The SMILES string of the molecule is CC1(C)OB(B2OC(C)(C)C(C)(C)O2)OC1(C)C.CCOc1nc(Cl)ccc1C(N)=O.NC(=O)c1ccc(Cl)nc1Cl.O=Cc1cc(O)ccc1Br.[2HH].[2H][2H].[2H][2H].[2H][2H].[2H][2H].[2H][2H].[2H][2H].[2H][2H].[2H][2H].[2H][2H].[2H][2H].[2H][2H].[2H][2H].[2H][2H].[2H][2H].[2H][2H].[2H][2H].[2H][2H].[2H][2H].[2H][2H].[2H][2H].[2H][2H].[2H][2H].[2H][2H].[2H][2H].[2H][2H].[2H][2H].[2H][2H].[2H][2H].[2H][2H].[2H][2H].[2H][2H].[2H][2H].[2H][2H].[2H][2H].[2H][2H].[2H][2H].[2H][2H].[2H][2H].[2H][2H].[2H][2H].[2H][2H].[2H][2H].[2H][2H].[2H][2H].[2H][2H].[2H][2H].[2H][2H].[2H][2H].[2H][2H].[2H][2H].[2H][2H].[2H][2H].[2H][2H].[C-]#[N+]c1ccc(Cl)nc1OCC.[C-]#[N+]c1ccc(Cl)nc1OCC.[C-]#[N+]c1ccc(Oc2ccc(B3OC(C)(C)C(C)(C)O3)c(C=O)c2)nc1OCC.[C-]#[N+]c1ccc(Oc2ccc(Br)c(C=O)c2)nc1OCC.[C-]#[N+]c1ccc(Oc2ccc3c(c2)COB3O)nc1OCC. The average Bonchev–Trinajstić information content (AvgIpc) is 1.59. The van der Waals surface area contributed by atoms with Gasteiger partial charge in [0, 0.05) is 184 Å². The molecule has 0 aliphatic carbocycles. The number of fused-ring (bicyclic) bond motifs is 1. The number of aldehydes is 3. The van der Waals surface area contributed by atoms with Crippen LogP contribution in [0.4, 0.5) is 28.4 Å². The monoisotopic (exact) mass is 2460 g/mol. The highest BCUT2D eigenvalue weighted by Crippen LogP contribution is 2.45. The quantitative estimate of drug-likeness (QED) is 0.0179. The second-order valence-corrected chi connectivity index (χ2v) is 37.0. The van der Waals surface area contributed by atoms with E-state index in [1.165, 1.54) is 36.4 Å². The maximum Gasteiger partial charge on any atom is 0.495 e. The van der Waals surface area contributed by atoms with Crippen molar-refractivity contribution in [2.45, 2.75) is 165 Å². The minimum Gasteiger partial charge on any atom is -0.508 e. The van der Waals surface area contributed by atoms with Crippen LogP contribution in [0.15, 0.2) is 167 Å². The van der Waals surface area contributed by atoms with Crippen molar-refractivity contribution in [1.29, 1.82) is 0 Å². The largest absolute Gasteiger partial charge is 0.508 e. The molecule has 4 aliphatic heterocycles. The van der Waals surface area contributed by atoms with Gasteiger partial charge in [0.1, 0.15) is 60.6 Å². The van der Waals surface area contributed by atoms with E-state index in [0.717, 1.165) is 23.6 Å². The average molecular weight is 2470 g/mol. The number of nitrogens with zero attached hydrogens (tertiary/aromatic N) is 12. The summed E-state index contributed by atoms with van der Waals surface area (Å²) in [6.45, 7) is 72.8. The zero-order valence-corrected chi connectivity index (χ0v) is 90.6. The van der Waals surface area contributed by atoms with Crippen molar-refractivity contribution in [3.05, 3.63) is 283 Å². The van der Waals surface area contributed by atoms with Gasteiger partial charge in [-0.05, 0) is 287 Å². The Bertz CT molecular complexity index is 6840. The number of aromatic hydroxyl groups is 1. The second-order valence-electron chi connectivity index (χ2n) is 33.4. The lowest BCUT2D eigenvalue weighted by Gasteiger charge is -2.32. The summed E-state index contributed by atoms with van der Waals surface area (Å²) < 4.78 is 621. The number of carbonyl (C=O) groups excluding carboxylic acids is 5. The molecule has 6 N–H and O–H groups in total. The molecule has 4 aliphatic rings. The molecule has 3 fully saturated rings. The highest BCUT2D eigenvalue weighted by molar-refractivity contribution is 9.10. The predicted molar refractivity (Wildman–Crippen MR) is 684 cm³/mol. The van der Waals surface area contributed by atoms with Crippen molar-refractivity contribution in [2.75, 3.05) is 39.6 Å². The van der Waals surface area contributed by atoms with Crippen LogP contribution in [0.5, 0.6) is 75.9 Å². The number of pyridine rings is 7. The molecule has 0 bridgehead atoms. The van der Waals surface area contributed by atoms with E-state index in [4.69, 9.17) is 340 Å². The molecule has 48 heteroatoms. The summed E-state index contributed by atoms with van der Waals surface area (Å²) in [6, 6.07) is 41.7. The molecular formula is C100H211B4Br2Cl5N14O23. The number of phenolic OH excluding ortho intramolecular Hbond substituents is 1. The summed E-state index contributed by atoms with van der Waals surface area (Å²) >= 11 is 34.3. The number of phenols is 1. The van der Waals surface area contributed by atoms with Gasteiger partial charge in [-0.2, -0.15) is 15.0 Å². The van der Waals surface area contributed by atoms with Crippen LogP contribution in [0.25, 0.3) is 24.2 Å². The lowest BCUT2D eigenvalue weighted by molar-refractivity contribution is 0.00578. The lowest BCUT2D eigenvalue weighted by Crippen LogP contribution is -2.41. The molecule has 0 radical (unpaired) electrons. The van der Waals surface area contributed by atoms with E-state index in [2.05, 4.69) is 91.0 Å². The highest BCUT2D eigenvalue weighted by Gasteiger charge is 2.64. The van der Waals surface area contributed by atoms with Crippen molar-refractivity contribution >= 4 is 188 Å². The van der Waals surface area contributed by atoms with Crippen LogP contribution in [0, 0.1) is 32.9 Å². The first-order valence-electron chi connectivity index (χ1n) is 97.9. The Morgan fingerprint density at radius 3 is 1.05 bits per heavy atom. The number of hydrogen-bond donors (Lipinski definition) is 4. The van der Waals surface area contributed by atoms with Gasteiger partial charge >= 0.3 is 28.3 Å². The number of hydrogen-bond acceptors (Lipinski definition) is 30. The van der Waals surface area contributed by atoms with Gasteiger partial charge in [-0.3, -0.25) is 24.0 Å². The van der Waals surface area contributed by atoms with Gasteiger partial charge < -0.3 is 96.8 Å². The summed E-state index contributed by atoms with van der Waals surface area (Å²) in [7, 11) is -2.47. The molecule has 880 valence electrons. The summed E-state index contributed by atoms with van der Waals surface area (Å²) in [4.78, 5) is 98.6. The zero-order valence-electron chi connectivity index (χ0n) is 190. The highest BCUT2D eigenvalue weighted by atomic mass is 79.9. The van der Waals surface area contributed by atoms with Crippen molar-refractivity contribution in [3.63, 3.8) is 0 Å². The number of aromatic nitrogens is 7. The van der Waals surface area contributed by atoms with Crippen molar-refractivity contribution in [1.82, 2.24) is 34.9 Å². The number of halogens is 7. The zero-order chi connectivity index (χ0) is 216. The van der Waals surface area contributed by atoms with Gasteiger partial charge in [0.25, 0.3) is 11.8 Å². The molecule has 3 saturated heterocycles. The first-order chi connectivity index (χ1) is 123. The molecule has 2 amide bonds. The predicted octanol–water partition coefficient (Wildman–Crippen LogP) is 36.0. The Morgan fingerprint density at radius 2 is 0.696 bits per heavy atom. The Balaban J connectivity index is -0.0000000388. The molecule has 11 aromatic rings. The number of rotatable bonds is 25. The van der Waals surface area contributed by atoms with Gasteiger partial charge in [0.2, 0.25) is 81.4 Å². The van der Waals surface area contributed by atoms with Crippen LogP contribution >= 0.6 is 89.9 Å². The summed E-state index contributed by atoms with van der Waals surface area (Å²) in [6.07, 6.45) is 2.16. The normalized spacial score (nSPS) is 17.0. The molecule has 11 heterocycles. The molecule has 0 unspecified atom stereocenters. The van der Waals surface area contributed by atoms with Gasteiger partial charge in [-0.25, -0.2) is 44.2 Å². The number of benzene rings is 4. The maximum atomic E-state index is 11.7. The number of carbonyl (C=O) groups is 5. The number of nitrogens with two attached hydrogens (primary N) is 2. The minimum atomic E-state index is -0.871. The Labute approximate surface area is 1070 Å². The van der Waals surface area contributed by atoms with Crippen LogP contribution in [0.3, 0.4) is 0 Å². The van der Waals surface area contributed by atoms with Crippen LogP contribution in [-0.4, -0.2) is 177 Å². The number of amides is 2. The lowest BCUT2D eigenvalue weighted by atomic mass is 9.49. The van der Waals surface area contributed by atoms with Crippen molar-refractivity contribution in [3.8, 4) is 75.9 Å². The second kappa shape index (κ2) is 56.7. The molecule has 37 nitrogen and oxygen atoms in total. The molecule has 7 aromatic heterocycles. The maximum absolute atomic E-state index is 11.7. The van der Waals surface area contributed by atoms with Crippen LogP contribution in [0.1, 0.15) is 341 Å². The number of primary amides is 2. The Morgan fingerprint density at radius 1 is 0.399 bits per heavy atom. The third kappa shape index (κ3) is 34.6. The smallest absolute Gasteiger partial charge is 0.495 e. The first-order valence-corrected chi connectivity index (χ1v) is 48.4. The van der Waals surface area contributed by atoms with Crippen LogP contribution in [-0.2, 0) is 39.2 Å². The third-order valence-electron chi connectivity index (χ3n) is 21.6. The third-order valence-corrected chi connectivity index (χ3v) is 24.2. The van der Waals surface area contributed by atoms with E-state index in [9.17, 15) is 29.0 Å². The van der Waals surface area contributed by atoms with Crippen molar-refractivity contribution in [2.24, 2.45) is 11.5 Å². The Hall–Kier alpha value is -13.3. The van der Waals surface area contributed by atoms with E-state index in [1.54, 1.807) is 128 Å². The van der Waals surface area contributed by atoms with Gasteiger partial charge in [0.05, 0.1) is 118 Å². The topological polar surface area (TPSA) is 438 Å². The molecule has 0 spiro atoms. The van der Waals surface area contributed by atoms with Gasteiger partial charge in [-0.15, -0.1) is 0 Å². The van der Waals surface area contributed by atoms with E-state index in [-0.39, 0.29) is 85.6 Å². The summed E-state index contributed by atoms with van der Waals surface area (Å²) in [5.41, 5.74) is 13.4. The molecule has 0 saturated carbocycles. The van der Waals surface area contributed by atoms with Gasteiger partial charge in [0.15, 0.2) is 12.6 Å². The first kappa shape index (κ1) is 64.2. The van der Waals surface area contributed by atoms with Gasteiger partial charge in [-0.1, -0.05) is 102 Å². The minimum absolute atomic E-state index is 0. The van der Waals surface area contributed by atoms with Crippen LogP contribution in [0.2, 0.25) is 25.8 Å². The van der Waals surface area contributed by atoms with Crippen molar-refractivity contribution < 1.29 is 268 Å². The molecule has 148 heavy (non-hydrogen) atoms. The van der Waals surface area contributed by atoms with E-state index >= 15 is 0 Å². The number of ether oxygens (including phenoxy) is 9. The molecule has 4 aromatic carbocycles. The van der Waals surface area contributed by atoms with Crippen LogP contribution < -0.4 is 65.0 Å². The van der Waals surface area contributed by atoms with E-state index in [1.807, 2.05) is 118 Å². The molecule has 15 rings (SSSR count). The fraction of sp³-hybridized carbons (Fsp3) is 0.310. The van der Waals surface area contributed by atoms with E-state index in [0.29, 0.717) is 163 Å². The fourth-order valence-electron chi connectivity index (χ4n) is 12.2. The standard InChI is InChI=1S/C21H23BN2O5.C15H13BN2O4.C15H11BrN2O3.C12H24B2O4.C8H9ClN2O2.2C8H7ClN2O.C7H5BrO2.C6H4Cl2N2O.54H2/c1-7-26-19-17(23-6)10-11-18(24-19)27-15-8-9-16(14(12-15)13-25)22-28-20(2,3)21(4,5)29-22;1-3-20-15-13(17-2)6-7-14(18-15)22-11-4-5-12-10(8-11)9-21-16(12)19;1-3-20-15-13(17-2)6-7-14(18-15)21-11-4-5-12(16)10(8-11)9-19;1-9(2)10(3,4)16-13(15-9)14-17-11(5,6)12(7,8)18-14;1-2-13-8-5(7(10)12)3-4-6(9)11-8;2*1-3-12-8-6(10-2)4-5-7(9)11-8;8-7-2-1-6(10)3-5(7)4-9;7-4-2-1-3(6(9)11)5(8)10-4;;;;;;;;;;;;;;;;;;;;;;;;;;;;;;;;;;;;;;;;;;;;;;;;;;;;;;/h8-13H,7H2,1-5H3;4-8,19H,3,9H2,1H3;4-9H,3H2,1H3;1-8H3;3-4H,2H2,1H3,(H2,10,12);2*4-5H,3H2,1H3;1-4,10H;1-2H,(H2,9,11);54*1H/i;;;;;;;;;53*1+1D;1+1. The summed E-state index contributed by atoms with van der Waals surface area (Å²) in [5.74, 6) is 2.81. The molecule has 0 atom stereocenters. The Kier molecular flexibility index (Phi) is 24.6. The fourth-order valence-corrected chi connectivity index (χ4v) is 13.7.